The summed E-state index contributed by atoms with van der Waals surface area (Å²) in [7, 11) is 0. The summed E-state index contributed by atoms with van der Waals surface area (Å²) < 4.78 is 5.51. The molecular weight excluding hydrogens is 198 g/mol. The fourth-order valence-corrected chi connectivity index (χ4v) is 1.81. The van der Waals surface area contributed by atoms with Crippen molar-refractivity contribution in [2.45, 2.75) is 46.1 Å². The van der Waals surface area contributed by atoms with Crippen molar-refractivity contribution in [2.75, 3.05) is 6.61 Å². The van der Waals surface area contributed by atoms with Crippen LogP contribution < -0.4 is 10.5 Å². The molecular formula is C14H23NO. The maximum atomic E-state index is 5.73. The highest BCUT2D eigenvalue weighted by atomic mass is 16.5. The number of aryl methyl sites for hydroxylation is 2. The second-order valence-electron chi connectivity index (χ2n) is 4.40. The molecule has 1 aromatic rings. The van der Waals surface area contributed by atoms with Crippen LogP contribution in [-0.2, 0) is 6.42 Å². The van der Waals surface area contributed by atoms with Crippen LogP contribution in [0, 0.1) is 6.92 Å². The fourth-order valence-electron chi connectivity index (χ4n) is 1.81. The summed E-state index contributed by atoms with van der Waals surface area (Å²) in [5, 5.41) is 0. The minimum absolute atomic E-state index is 0.309. The number of hydrogen-bond donors (Lipinski definition) is 1. The summed E-state index contributed by atoms with van der Waals surface area (Å²) in [5.41, 5.74) is 8.33. The maximum Gasteiger partial charge on any atom is 0.122 e. The van der Waals surface area contributed by atoms with E-state index >= 15 is 0 Å². The lowest BCUT2D eigenvalue weighted by molar-refractivity contribution is 0.338. The van der Waals surface area contributed by atoms with Gasteiger partial charge in [0.2, 0.25) is 0 Å². The molecule has 0 radical (unpaired) electrons. The molecule has 2 heteroatoms. The van der Waals surface area contributed by atoms with Gasteiger partial charge >= 0.3 is 0 Å². The molecule has 1 aromatic carbocycles. The fraction of sp³-hybridized carbons (Fsp3) is 0.571. The number of hydrogen-bond acceptors (Lipinski definition) is 2. The molecule has 0 bridgehead atoms. The van der Waals surface area contributed by atoms with Gasteiger partial charge in [-0.05, 0) is 57.2 Å². The summed E-state index contributed by atoms with van der Waals surface area (Å²) in [5.74, 6) is 0.999. The van der Waals surface area contributed by atoms with Crippen LogP contribution in [0.1, 0.15) is 37.8 Å². The summed E-state index contributed by atoms with van der Waals surface area (Å²) >= 11 is 0. The highest BCUT2D eigenvalue weighted by Crippen LogP contribution is 2.20. The third-order valence-corrected chi connectivity index (χ3v) is 2.66. The predicted molar refractivity (Wildman–Crippen MR) is 68.9 cm³/mol. The van der Waals surface area contributed by atoms with E-state index in [0.717, 1.165) is 31.6 Å². The van der Waals surface area contributed by atoms with Crippen molar-refractivity contribution in [2.24, 2.45) is 5.73 Å². The quantitative estimate of drug-likeness (QED) is 0.801. The van der Waals surface area contributed by atoms with Crippen LogP contribution in [-0.4, -0.2) is 12.6 Å². The lowest BCUT2D eigenvalue weighted by Gasteiger charge is -2.09. The number of benzene rings is 1. The first kappa shape index (κ1) is 13.0. The molecule has 0 spiro atoms. The van der Waals surface area contributed by atoms with Crippen LogP contribution in [0.25, 0.3) is 0 Å². The van der Waals surface area contributed by atoms with Gasteiger partial charge < -0.3 is 10.5 Å². The molecule has 0 heterocycles. The van der Waals surface area contributed by atoms with Crippen LogP contribution >= 0.6 is 0 Å². The predicted octanol–water partition coefficient (Wildman–Crippen LogP) is 3.06. The summed E-state index contributed by atoms with van der Waals surface area (Å²) in [6.07, 6.45) is 3.35. The van der Waals surface area contributed by atoms with Crippen LogP contribution in [0.3, 0.4) is 0 Å². The smallest absolute Gasteiger partial charge is 0.122 e. The van der Waals surface area contributed by atoms with Gasteiger partial charge in [-0.2, -0.15) is 0 Å². The summed E-state index contributed by atoms with van der Waals surface area (Å²) in [4.78, 5) is 0. The topological polar surface area (TPSA) is 35.2 Å². The summed E-state index contributed by atoms with van der Waals surface area (Å²) in [6, 6.07) is 6.74. The molecule has 0 aromatic heterocycles. The van der Waals surface area contributed by atoms with Crippen LogP contribution in [0.15, 0.2) is 18.2 Å². The van der Waals surface area contributed by atoms with Crippen LogP contribution in [0.4, 0.5) is 0 Å². The van der Waals surface area contributed by atoms with E-state index in [1.807, 2.05) is 6.92 Å². The number of rotatable bonds is 6. The molecule has 16 heavy (non-hydrogen) atoms. The van der Waals surface area contributed by atoms with Crippen molar-refractivity contribution in [3.8, 4) is 5.75 Å². The third-order valence-electron chi connectivity index (χ3n) is 2.66. The van der Waals surface area contributed by atoms with E-state index < -0.39 is 0 Å². The lowest BCUT2D eigenvalue weighted by atomic mass is 10.0. The standard InChI is InChI=1S/C14H23NO/c1-4-16-14-9-8-13(10-11(14)2)7-5-6-12(3)15/h8-10,12H,4-7,15H2,1-3H3. The molecule has 0 aliphatic rings. The highest BCUT2D eigenvalue weighted by Gasteiger charge is 2.01. The zero-order valence-electron chi connectivity index (χ0n) is 10.6. The Bertz CT molecular complexity index is 321. The Balaban J connectivity index is 2.52. The molecule has 2 N–H and O–H groups in total. The average molecular weight is 221 g/mol. The SMILES string of the molecule is CCOc1ccc(CCCC(C)N)cc1C. The Labute approximate surface area is 98.8 Å². The van der Waals surface area contributed by atoms with Gasteiger partial charge in [0.25, 0.3) is 0 Å². The normalized spacial score (nSPS) is 12.5. The largest absolute Gasteiger partial charge is 0.494 e. The summed E-state index contributed by atoms with van der Waals surface area (Å²) in [6.45, 7) is 6.89. The molecule has 1 rings (SSSR count). The van der Waals surface area contributed by atoms with Gasteiger partial charge in [-0.15, -0.1) is 0 Å². The number of nitrogens with two attached hydrogens (primary N) is 1. The molecule has 1 unspecified atom stereocenters. The first-order chi connectivity index (χ1) is 7.63. The Morgan fingerprint density at radius 3 is 2.69 bits per heavy atom. The van der Waals surface area contributed by atoms with Gasteiger partial charge in [0.15, 0.2) is 0 Å². The third kappa shape index (κ3) is 4.23. The second kappa shape index (κ2) is 6.54. The second-order valence-corrected chi connectivity index (χ2v) is 4.40. The molecule has 1 atom stereocenters. The van der Waals surface area contributed by atoms with Gasteiger partial charge in [0.05, 0.1) is 6.61 Å². The Hall–Kier alpha value is -1.02. The lowest BCUT2D eigenvalue weighted by Crippen LogP contribution is -2.14. The molecule has 0 saturated heterocycles. The van der Waals surface area contributed by atoms with Crippen LogP contribution in [0.5, 0.6) is 5.75 Å². The molecule has 0 saturated carbocycles. The van der Waals surface area contributed by atoms with Crippen molar-refractivity contribution >= 4 is 0 Å². The van der Waals surface area contributed by atoms with E-state index in [-0.39, 0.29) is 0 Å². The van der Waals surface area contributed by atoms with Gasteiger partial charge in [0.1, 0.15) is 5.75 Å². The highest BCUT2D eigenvalue weighted by molar-refractivity contribution is 5.36. The Kier molecular flexibility index (Phi) is 5.33. The molecule has 0 aliphatic carbocycles. The van der Waals surface area contributed by atoms with E-state index in [2.05, 4.69) is 32.0 Å². The minimum atomic E-state index is 0.309. The zero-order chi connectivity index (χ0) is 12.0. The molecule has 90 valence electrons. The van der Waals surface area contributed by atoms with Crippen molar-refractivity contribution in [1.82, 2.24) is 0 Å². The van der Waals surface area contributed by atoms with Crippen molar-refractivity contribution in [1.29, 1.82) is 0 Å². The molecule has 2 nitrogen and oxygen atoms in total. The van der Waals surface area contributed by atoms with E-state index in [4.69, 9.17) is 10.5 Å². The minimum Gasteiger partial charge on any atom is -0.494 e. The molecule has 0 fully saturated rings. The van der Waals surface area contributed by atoms with Crippen molar-refractivity contribution in [3.63, 3.8) is 0 Å². The van der Waals surface area contributed by atoms with E-state index in [9.17, 15) is 0 Å². The van der Waals surface area contributed by atoms with Gasteiger partial charge in [0, 0.05) is 6.04 Å². The number of ether oxygens (including phenoxy) is 1. The first-order valence-electron chi connectivity index (χ1n) is 6.11. The molecule has 0 aliphatic heterocycles. The zero-order valence-corrected chi connectivity index (χ0v) is 10.6. The average Bonchev–Trinajstić information content (AvgIpc) is 2.21. The van der Waals surface area contributed by atoms with Crippen molar-refractivity contribution < 1.29 is 4.74 Å². The van der Waals surface area contributed by atoms with Crippen molar-refractivity contribution in [3.05, 3.63) is 29.3 Å². The maximum absolute atomic E-state index is 5.73. The van der Waals surface area contributed by atoms with Crippen LogP contribution in [0.2, 0.25) is 0 Å². The Morgan fingerprint density at radius 1 is 1.38 bits per heavy atom. The first-order valence-corrected chi connectivity index (χ1v) is 6.11. The van der Waals surface area contributed by atoms with E-state index in [1.165, 1.54) is 11.1 Å². The Morgan fingerprint density at radius 2 is 2.12 bits per heavy atom. The van der Waals surface area contributed by atoms with E-state index in [0.29, 0.717) is 6.04 Å². The van der Waals surface area contributed by atoms with E-state index in [1.54, 1.807) is 0 Å². The monoisotopic (exact) mass is 221 g/mol. The molecule has 0 amide bonds. The van der Waals surface area contributed by atoms with Gasteiger partial charge in [-0.25, -0.2) is 0 Å². The van der Waals surface area contributed by atoms with Gasteiger partial charge in [-0.3, -0.25) is 0 Å². The van der Waals surface area contributed by atoms with Gasteiger partial charge in [-0.1, -0.05) is 12.1 Å².